The van der Waals surface area contributed by atoms with E-state index >= 15 is 0 Å². The lowest BCUT2D eigenvalue weighted by Gasteiger charge is -2.37. The first-order valence-corrected chi connectivity index (χ1v) is 13.0. The minimum absolute atomic E-state index is 0.289. The quantitative estimate of drug-likeness (QED) is 0.244. The van der Waals surface area contributed by atoms with E-state index in [-0.39, 0.29) is 6.54 Å². The number of halogens is 4. The van der Waals surface area contributed by atoms with Crippen molar-refractivity contribution in [2.45, 2.75) is 19.0 Å². The van der Waals surface area contributed by atoms with Crippen LogP contribution < -0.4 is 4.90 Å². The molecule has 6 rings (SSSR count). The molecule has 1 heterocycles. The Labute approximate surface area is 228 Å². The van der Waals surface area contributed by atoms with Crippen LogP contribution in [-0.2, 0) is 6.42 Å². The number of carbonyl (C=O) groups is 1. The number of allylic oxidation sites excluding steroid dienone is 2. The molecule has 194 valence electrons. The van der Waals surface area contributed by atoms with Crippen LogP contribution in [0.1, 0.15) is 27.9 Å². The molecular formula is C32H22ClF3N2O. The standard InChI is InChI=1S/C32H22ClF3N2O/c33-22-12-19(17-37)13-23(14-22)38-11-3-5-21(18-38)28-15-29-26-8-7-20-4-1-2-6-24(20)25(26)9-10-27(29)31(39)30(28)16-32(34,35)36/h1-14,28,30H,15-16,18H2. The number of anilines is 1. The molecule has 1 aliphatic carbocycles. The number of Topliss-reactive ketones (excluding diaryl/α,β-unsaturated/α-hetero) is 1. The van der Waals surface area contributed by atoms with Crippen molar-refractivity contribution in [1.29, 1.82) is 5.26 Å². The molecule has 2 atom stereocenters. The Hall–Kier alpha value is -4.08. The van der Waals surface area contributed by atoms with E-state index in [1.165, 1.54) is 0 Å². The van der Waals surface area contributed by atoms with Gasteiger partial charge in [0, 0.05) is 34.9 Å². The van der Waals surface area contributed by atoms with Crippen LogP contribution in [0.4, 0.5) is 18.9 Å². The van der Waals surface area contributed by atoms with E-state index in [0.717, 1.165) is 32.7 Å². The molecule has 0 spiro atoms. The zero-order chi connectivity index (χ0) is 27.3. The molecule has 2 unspecified atom stereocenters. The number of hydrogen-bond donors (Lipinski definition) is 0. The molecule has 7 heteroatoms. The Bertz CT molecular complexity index is 1750. The molecule has 2 aliphatic rings. The SMILES string of the molecule is N#Cc1cc(Cl)cc(N2C=CC=C(C3Cc4c(ccc5c4ccc4ccccc45)C(=O)C3CC(F)(F)F)C2)c1. The number of carbonyl (C=O) groups excluding carboxylic acids is 1. The van der Waals surface area contributed by atoms with Crippen molar-refractivity contribution in [2.24, 2.45) is 11.8 Å². The minimum atomic E-state index is -4.48. The molecule has 0 saturated carbocycles. The van der Waals surface area contributed by atoms with Gasteiger partial charge in [0.1, 0.15) is 0 Å². The van der Waals surface area contributed by atoms with E-state index in [4.69, 9.17) is 11.6 Å². The van der Waals surface area contributed by atoms with Crippen molar-refractivity contribution < 1.29 is 18.0 Å². The lowest BCUT2D eigenvalue weighted by Crippen LogP contribution is -2.38. The van der Waals surface area contributed by atoms with Crippen LogP contribution in [-0.4, -0.2) is 18.5 Å². The largest absolute Gasteiger partial charge is 0.389 e. The molecule has 0 radical (unpaired) electrons. The van der Waals surface area contributed by atoms with Crippen molar-refractivity contribution in [3.8, 4) is 6.07 Å². The second-order valence-electron chi connectivity index (χ2n) is 10.1. The maximum absolute atomic E-state index is 13.8. The topological polar surface area (TPSA) is 44.1 Å². The van der Waals surface area contributed by atoms with E-state index in [1.54, 1.807) is 36.5 Å². The predicted molar refractivity (Wildman–Crippen MR) is 148 cm³/mol. The highest BCUT2D eigenvalue weighted by Crippen LogP contribution is 2.44. The maximum atomic E-state index is 13.8. The monoisotopic (exact) mass is 542 g/mol. The van der Waals surface area contributed by atoms with Crippen LogP contribution in [0, 0.1) is 23.2 Å². The Morgan fingerprint density at radius 1 is 1.00 bits per heavy atom. The molecule has 0 N–H and O–H groups in total. The fourth-order valence-corrected chi connectivity index (χ4v) is 6.24. The Morgan fingerprint density at radius 3 is 2.59 bits per heavy atom. The molecule has 39 heavy (non-hydrogen) atoms. The maximum Gasteiger partial charge on any atom is 0.389 e. The second kappa shape index (κ2) is 9.59. The molecule has 0 fully saturated rings. The number of nitriles is 1. The van der Waals surface area contributed by atoms with Crippen LogP contribution in [0.15, 0.2) is 90.7 Å². The lowest BCUT2D eigenvalue weighted by atomic mass is 9.69. The third kappa shape index (κ3) is 4.68. The average Bonchev–Trinajstić information content (AvgIpc) is 2.93. The van der Waals surface area contributed by atoms with Gasteiger partial charge in [0.05, 0.1) is 18.1 Å². The van der Waals surface area contributed by atoms with E-state index < -0.39 is 30.2 Å². The number of alkyl halides is 3. The van der Waals surface area contributed by atoms with E-state index in [9.17, 15) is 23.2 Å². The van der Waals surface area contributed by atoms with Gasteiger partial charge in [-0.1, -0.05) is 66.2 Å². The van der Waals surface area contributed by atoms with Gasteiger partial charge in [-0.2, -0.15) is 18.4 Å². The summed E-state index contributed by atoms with van der Waals surface area (Å²) in [5.74, 6) is -2.32. The summed E-state index contributed by atoms with van der Waals surface area (Å²) in [6.45, 7) is 0.289. The Morgan fingerprint density at radius 2 is 1.79 bits per heavy atom. The molecule has 3 nitrogen and oxygen atoms in total. The lowest BCUT2D eigenvalue weighted by molar-refractivity contribution is -0.144. The van der Waals surface area contributed by atoms with E-state index in [0.29, 0.717) is 28.3 Å². The minimum Gasteiger partial charge on any atom is -0.344 e. The number of benzene rings is 4. The molecule has 4 aromatic rings. The summed E-state index contributed by atoms with van der Waals surface area (Å²) in [5.41, 5.74) is 2.95. The summed E-state index contributed by atoms with van der Waals surface area (Å²) in [4.78, 5) is 15.6. The highest BCUT2D eigenvalue weighted by Gasteiger charge is 2.44. The van der Waals surface area contributed by atoms with E-state index in [2.05, 4.69) is 6.07 Å². The fourth-order valence-electron chi connectivity index (χ4n) is 6.02. The van der Waals surface area contributed by atoms with Gasteiger partial charge in [0.25, 0.3) is 0 Å². The van der Waals surface area contributed by atoms with Gasteiger partial charge in [-0.25, -0.2) is 0 Å². The molecule has 4 aromatic carbocycles. The Balaban J connectivity index is 1.44. The zero-order valence-electron chi connectivity index (χ0n) is 20.7. The molecule has 1 aliphatic heterocycles. The van der Waals surface area contributed by atoms with Crippen molar-refractivity contribution in [3.05, 3.63) is 112 Å². The molecule has 0 saturated heterocycles. The predicted octanol–water partition coefficient (Wildman–Crippen LogP) is 8.40. The van der Waals surface area contributed by atoms with Gasteiger partial charge in [0.2, 0.25) is 0 Å². The number of fused-ring (bicyclic) bond motifs is 5. The number of hydrogen-bond acceptors (Lipinski definition) is 3. The summed E-state index contributed by atoms with van der Waals surface area (Å²) < 4.78 is 41.4. The van der Waals surface area contributed by atoms with Crippen molar-refractivity contribution in [1.82, 2.24) is 0 Å². The first-order chi connectivity index (χ1) is 18.7. The van der Waals surface area contributed by atoms with Gasteiger partial charge in [-0.05, 0) is 69.3 Å². The van der Waals surface area contributed by atoms with Crippen LogP contribution >= 0.6 is 11.6 Å². The van der Waals surface area contributed by atoms with Gasteiger partial charge in [-0.3, -0.25) is 4.79 Å². The van der Waals surface area contributed by atoms with Crippen LogP contribution in [0.25, 0.3) is 21.5 Å². The summed E-state index contributed by atoms with van der Waals surface area (Å²) in [6, 6.07) is 22.5. The zero-order valence-corrected chi connectivity index (χ0v) is 21.4. The smallest absolute Gasteiger partial charge is 0.344 e. The average molecular weight is 543 g/mol. The third-order valence-electron chi connectivity index (χ3n) is 7.75. The van der Waals surface area contributed by atoms with Crippen molar-refractivity contribution in [2.75, 3.05) is 11.4 Å². The van der Waals surface area contributed by atoms with Crippen LogP contribution in [0.5, 0.6) is 0 Å². The summed E-state index contributed by atoms with van der Waals surface area (Å²) >= 11 is 6.21. The summed E-state index contributed by atoms with van der Waals surface area (Å²) in [6.07, 6.45) is 0.0520. The van der Waals surface area contributed by atoms with Crippen molar-refractivity contribution in [3.63, 3.8) is 0 Å². The van der Waals surface area contributed by atoms with Crippen LogP contribution in [0.2, 0.25) is 5.02 Å². The highest BCUT2D eigenvalue weighted by atomic mass is 35.5. The number of nitrogens with zero attached hydrogens (tertiary/aromatic N) is 2. The summed E-state index contributed by atoms with van der Waals surface area (Å²) in [7, 11) is 0. The van der Waals surface area contributed by atoms with Gasteiger partial charge in [0.15, 0.2) is 5.78 Å². The molecule has 0 aromatic heterocycles. The number of ketones is 1. The Kier molecular flexibility index (Phi) is 6.20. The molecule has 0 amide bonds. The first-order valence-electron chi connectivity index (χ1n) is 12.6. The van der Waals surface area contributed by atoms with Crippen molar-refractivity contribution >= 4 is 44.6 Å². The van der Waals surface area contributed by atoms with E-state index in [1.807, 2.05) is 53.4 Å². The third-order valence-corrected chi connectivity index (χ3v) is 7.97. The summed E-state index contributed by atoms with van der Waals surface area (Å²) in [5, 5.41) is 13.7. The second-order valence-corrected chi connectivity index (χ2v) is 10.5. The van der Waals surface area contributed by atoms with Gasteiger partial charge in [-0.15, -0.1) is 0 Å². The van der Waals surface area contributed by atoms with Gasteiger partial charge >= 0.3 is 6.18 Å². The normalized spacial score (nSPS) is 19.2. The fraction of sp³-hybridized carbons (Fsp3) is 0.188. The first kappa shape index (κ1) is 25.2. The van der Waals surface area contributed by atoms with Crippen LogP contribution in [0.3, 0.4) is 0 Å². The molecular weight excluding hydrogens is 521 g/mol. The number of rotatable bonds is 3. The highest BCUT2D eigenvalue weighted by molar-refractivity contribution is 6.31. The van der Waals surface area contributed by atoms with Gasteiger partial charge < -0.3 is 4.90 Å². The molecule has 0 bridgehead atoms.